The SMILES string of the molecule is CC1CC=C(c2ccc3c(c2)CN(C2CCN(C)CC2)C(=O)C32CC2)N(C(=O)OC(C)(C)C)C1. The van der Waals surface area contributed by atoms with E-state index in [1.807, 2.05) is 20.8 Å². The third-order valence-electron chi connectivity index (χ3n) is 7.92. The van der Waals surface area contributed by atoms with Gasteiger partial charge >= 0.3 is 6.09 Å². The molecule has 6 heteroatoms. The van der Waals surface area contributed by atoms with Gasteiger partial charge in [0.25, 0.3) is 0 Å². The summed E-state index contributed by atoms with van der Waals surface area (Å²) in [5.41, 5.74) is 3.59. The molecule has 184 valence electrons. The van der Waals surface area contributed by atoms with Crippen LogP contribution in [0.15, 0.2) is 24.3 Å². The van der Waals surface area contributed by atoms with Crippen LogP contribution in [0.3, 0.4) is 0 Å². The molecule has 2 amide bonds. The number of hydrogen-bond acceptors (Lipinski definition) is 4. The lowest BCUT2D eigenvalue weighted by molar-refractivity contribution is -0.139. The molecule has 1 unspecified atom stereocenters. The van der Waals surface area contributed by atoms with Crippen molar-refractivity contribution in [2.75, 3.05) is 26.7 Å². The van der Waals surface area contributed by atoms with Crippen LogP contribution in [0.1, 0.15) is 76.5 Å². The van der Waals surface area contributed by atoms with Gasteiger partial charge in [0.1, 0.15) is 5.60 Å². The number of hydrogen-bond donors (Lipinski definition) is 0. The van der Waals surface area contributed by atoms with Gasteiger partial charge in [0, 0.05) is 19.1 Å². The Morgan fingerprint density at radius 1 is 1.15 bits per heavy atom. The molecule has 3 aliphatic heterocycles. The van der Waals surface area contributed by atoms with Crippen LogP contribution >= 0.6 is 0 Å². The highest BCUT2D eigenvalue weighted by molar-refractivity contribution is 5.94. The number of carbonyl (C=O) groups excluding carboxylic acids is 2. The predicted octanol–water partition coefficient (Wildman–Crippen LogP) is 4.77. The van der Waals surface area contributed by atoms with Gasteiger partial charge in [0.15, 0.2) is 0 Å². The maximum absolute atomic E-state index is 13.6. The molecule has 0 radical (unpaired) electrons. The Kier molecular flexibility index (Phi) is 5.78. The van der Waals surface area contributed by atoms with Gasteiger partial charge in [-0.1, -0.05) is 25.1 Å². The lowest BCUT2D eigenvalue weighted by Gasteiger charge is -2.43. The zero-order chi connectivity index (χ0) is 24.3. The van der Waals surface area contributed by atoms with E-state index in [9.17, 15) is 9.59 Å². The van der Waals surface area contributed by atoms with Crippen LogP contribution in [0.4, 0.5) is 4.79 Å². The summed E-state index contributed by atoms with van der Waals surface area (Å²) >= 11 is 0. The van der Waals surface area contributed by atoms with Crippen LogP contribution in [0.2, 0.25) is 0 Å². The van der Waals surface area contributed by atoms with Crippen molar-refractivity contribution < 1.29 is 14.3 Å². The van der Waals surface area contributed by atoms with Crippen molar-refractivity contribution in [2.24, 2.45) is 5.92 Å². The minimum atomic E-state index is -0.536. The Morgan fingerprint density at radius 3 is 2.50 bits per heavy atom. The van der Waals surface area contributed by atoms with Crippen molar-refractivity contribution in [1.82, 2.24) is 14.7 Å². The molecule has 6 nitrogen and oxygen atoms in total. The first kappa shape index (κ1) is 23.4. The van der Waals surface area contributed by atoms with Gasteiger partial charge in [-0.05, 0) is 102 Å². The van der Waals surface area contributed by atoms with E-state index in [0.29, 0.717) is 31.0 Å². The fourth-order valence-corrected chi connectivity index (χ4v) is 5.88. The smallest absolute Gasteiger partial charge is 0.414 e. The molecule has 0 N–H and O–H groups in total. The molecule has 0 bridgehead atoms. The summed E-state index contributed by atoms with van der Waals surface area (Å²) in [6.07, 6.45) is 6.82. The summed E-state index contributed by atoms with van der Waals surface area (Å²) in [4.78, 5) is 33.0. The number of rotatable bonds is 2. The largest absolute Gasteiger partial charge is 0.443 e. The van der Waals surface area contributed by atoms with Crippen molar-refractivity contribution in [3.63, 3.8) is 0 Å². The highest BCUT2D eigenvalue weighted by Crippen LogP contribution is 2.54. The number of fused-ring (bicyclic) bond motifs is 2. The Morgan fingerprint density at radius 2 is 1.85 bits per heavy atom. The second-order valence-electron chi connectivity index (χ2n) is 11.9. The average Bonchev–Trinajstić information content (AvgIpc) is 3.57. The molecule has 1 aromatic carbocycles. The van der Waals surface area contributed by atoms with E-state index in [2.05, 4.69) is 48.0 Å². The van der Waals surface area contributed by atoms with E-state index in [-0.39, 0.29) is 11.5 Å². The summed E-state index contributed by atoms with van der Waals surface area (Å²) in [6.45, 7) is 11.3. The first-order valence-electron chi connectivity index (χ1n) is 12.9. The molecule has 1 saturated carbocycles. The maximum Gasteiger partial charge on any atom is 0.414 e. The number of allylic oxidation sites excluding steroid dienone is 1. The van der Waals surface area contributed by atoms with Gasteiger partial charge in [0.05, 0.1) is 11.1 Å². The van der Waals surface area contributed by atoms with Gasteiger partial charge in [0.2, 0.25) is 5.91 Å². The molecular formula is C28H39N3O3. The summed E-state index contributed by atoms with van der Waals surface area (Å²) in [5.74, 6) is 0.726. The third-order valence-corrected chi connectivity index (χ3v) is 7.92. The first-order chi connectivity index (χ1) is 16.1. The summed E-state index contributed by atoms with van der Waals surface area (Å²) < 4.78 is 5.74. The molecule has 1 saturated heterocycles. The van der Waals surface area contributed by atoms with E-state index in [1.54, 1.807) is 4.90 Å². The normalized spacial score (nSPS) is 25.3. The van der Waals surface area contributed by atoms with Crippen molar-refractivity contribution in [3.8, 4) is 0 Å². The maximum atomic E-state index is 13.6. The lowest BCUT2D eigenvalue weighted by Crippen LogP contribution is -2.52. The Hall–Kier alpha value is -2.34. The molecule has 2 fully saturated rings. The van der Waals surface area contributed by atoms with E-state index in [4.69, 9.17) is 4.74 Å². The zero-order valence-corrected chi connectivity index (χ0v) is 21.4. The zero-order valence-electron chi connectivity index (χ0n) is 21.4. The number of ether oxygens (including phenoxy) is 1. The number of amides is 2. The topological polar surface area (TPSA) is 53.1 Å². The van der Waals surface area contributed by atoms with Gasteiger partial charge in [-0.15, -0.1) is 0 Å². The summed E-state index contributed by atoms with van der Waals surface area (Å²) in [6, 6.07) is 6.83. The Balaban J connectivity index is 1.46. The molecule has 0 aromatic heterocycles. The molecule has 4 aliphatic rings. The van der Waals surface area contributed by atoms with Crippen LogP contribution in [0.5, 0.6) is 0 Å². The van der Waals surface area contributed by atoms with Crippen LogP contribution in [0, 0.1) is 5.92 Å². The minimum Gasteiger partial charge on any atom is -0.443 e. The van der Waals surface area contributed by atoms with Crippen molar-refractivity contribution in [2.45, 2.75) is 83.4 Å². The number of carbonyl (C=O) groups is 2. The van der Waals surface area contributed by atoms with Crippen LogP contribution in [-0.2, 0) is 21.5 Å². The van der Waals surface area contributed by atoms with Crippen molar-refractivity contribution in [3.05, 3.63) is 41.0 Å². The Bertz CT molecular complexity index is 1010. The number of nitrogens with zero attached hydrogens (tertiary/aromatic N) is 3. The van der Waals surface area contributed by atoms with Crippen molar-refractivity contribution in [1.29, 1.82) is 0 Å². The van der Waals surface area contributed by atoms with Crippen LogP contribution in [-0.4, -0.2) is 65.0 Å². The number of benzene rings is 1. The standard InChI is InChI=1S/C28H39N3O3/c1-19-6-9-24(31(17-19)26(33)34-27(2,3)4)20-7-8-23-21(16-20)18-30(25(32)28(23)12-13-28)22-10-14-29(5)15-11-22/h7-9,16,19,22H,6,10-15,17-18H2,1-5H3. The highest BCUT2D eigenvalue weighted by Gasteiger charge is 2.57. The van der Waals surface area contributed by atoms with E-state index in [1.165, 1.54) is 11.1 Å². The fraction of sp³-hybridized carbons (Fsp3) is 0.643. The van der Waals surface area contributed by atoms with Gasteiger partial charge in [-0.3, -0.25) is 9.69 Å². The van der Waals surface area contributed by atoms with E-state index in [0.717, 1.165) is 56.5 Å². The summed E-state index contributed by atoms with van der Waals surface area (Å²) in [7, 11) is 2.16. The highest BCUT2D eigenvalue weighted by atomic mass is 16.6. The molecule has 1 aliphatic carbocycles. The molecule has 1 atom stereocenters. The minimum absolute atomic E-state index is 0.287. The fourth-order valence-electron chi connectivity index (χ4n) is 5.88. The molecule has 1 spiro atoms. The van der Waals surface area contributed by atoms with Gasteiger partial charge in [-0.25, -0.2) is 4.79 Å². The predicted molar refractivity (Wildman–Crippen MR) is 133 cm³/mol. The van der Waals surface area contributed by atoms with Gasteiger partial charge < -0.3 is 14.5 Å². The third kappa shape index (κ3) is 4.26. The second-order valence-corrected chi connectivity index (χ2v) is 11.9. The van der Waals surface area contributed by atoms with Gasteiger partial charge in [-0.2, -0.15) is 0 Å². The van der Waals surface area contributed by atoms with E-state index < -0.39 is 5.60 Å². The molecular weight excluding hydrogens is 426 g/mol. The summed E-state index contributed by atoms with van der Waals surface area (Å²) in [5, 5.41) is 0. The van der Waals surface area contributed by atoms with Crippen LogP contribution in [0.25, 0.3) is 5.70 Å². The Labute approximate surface area is 203 Å². The monoisotopic (exact) mass is 465 g/mol. The first-order valence-corrected chi connectivity index (χ1v) is 12.9. The number of piperidine rings is 1. The molecule has 1 aromatic rings. The molecule has 5 rings (SSSR count). The van der Waals surface area contributed by atoms with E-state index >= 15 is 0 Å². The van der Waals surface area contributed by atoms with Crippen LogP contribution < -0.4 is 0 Å². The molecule has 34 heavy (non-hydrogen) atoms. The van der Waals surface area contributed by atoms with Crippen molar-refractivity contribution >= 4 is 17.7 Å². The quantitative estimate of drug-likeness (QED) is 0.631. The molecule has 3 heterocycles. The average molecular weight is 466 g/mol. The number of likely N-dealkylation sites (tertiary alicyclic amines) is 1. The second kappa shape index (κ2) is 8.40. The lowest BCUT2D eigenvalue weighted by atomic mass is 9.83.